The molecule has 0 radical (unpaired) electrons. The van der Waals surface area contributed by atoms with Gasteiger partial charge in [0.2, 0.25) is 0 Å². The summed E-state index contributed by atoms with van der Waals surface area (Å²) in [4.78, 5) is 28.0. The Bertz CT molecular complexity index is 278. The number of amides is 2. The second-order valence-corrected chi connectivity index (χ2v) is 5.35. The molecule has 1 aliphatic rings. The highest BCUT2D eigenvalue weighted by Gasteiger charge is 2.27. The van der Waals surface area contributed by atoms with Crippen LogP contribution in [0.25, 0.3) is 0 Å². The van der Waals surface area contributed by atoms with E-state index in [1.165, 1.54) is 6.42 Å². The number of unbranched alkanes of at least 4 members (excludes halogenated alkanes) is 2. The normalized spacial score (nSPS) is 15.4. The van der Waals surface area contributed by atoms with Crippen molar-refractivity contribution in [2.24, 2.45) is 0 Å². The highest BCUT2D eigenvalue weighted by atomic mass is 16.2. The molecule has 0 aromatic rings. The summed E-state index contributed by atoms with van der Waals surface area (Å²) in [6.45, 7) is 7.15. The first-order chi connectivity index (χ1) is 9.20. The van der Waals surface area contributed by atoms with Gasteiger partial charge in [-0.3, -0.25) is 9.59 Å². The van der Waals surface area contributed by atoms with Crippen LogP contribution in [0.2, 0.25) is 0 Å². The number of carbonyl (C=O) groups excluding carboxylic acids is 2. The molecule has 0 aromatic carbocycles. The van der Waals surface area contributed by atoms with Gasteiger partial charge in [0.1, 0.15) is 0 Å². The molecule has 19 heavy (non-hydrogen) atoms. The Morgan fingerprint density at radius 3 is 1.95 bits per heavy atom. The Kier molecular flexibility index (Phi) is 7.53. The van der Waals surface area contributed by atoms with Crippen LogP contribution in [-0.2, 0) is 9.59 Å². The molecule has 0 atom stereocenters. The molecule has 0 saturated carbocycles. The fraction of sp³-hybridized carbons (Fsp3) is 0.867. The smallest absolute Gasteiger partial charge is 0.312 e. The molecular weight excluding hydrogens is 240 g/mol. The van der Waals surface area contributed by atoms with E-state index in [2.05, 4.69) is 13.8 Å². The van der Waals surface area contributed by atoms with E-state index in [1.807, 2.05) is 0 Å². The number of carbonyl (C=O) groups is 2. The lowest BCUT2D eigenvalue weighted by atomic mass is 10.1. The van der Waals surface area contributed by atoms with Crippen LogP contribution in [0, 0.1) is 0 Å². The summed E-state index contributed by atoms with van der Waals surface area (Å²) in [5.41, 5.74) is 0. The van der Waals surface area contributed by atoms with E-state index in [0.717, 1.165) is 64.7 Å². The number of rotatable bonds is 6. The second-order valence-electron chi connectivity index (χ2n) is 5.35. The Balaban J connectivity index is 2.54. The zero-order chi connectivity index (χ0) is 14.1. The molecule has 2 amide bonds. The molecule has 0 aliphatic carbocycles. The zero-order valence-electron chi connectivity index (χ0n) is 12.5. The molecule has 0 aromatic heterocycles. The van der Waals surface area contributed by atoms with E-state index >= 15 is 0 Å². The van der Waals surface area contributed by atoms with Gasteiger partial charge in [0, 0.05) is 26.2 Å². The van der Waals surface area contributed by atoms with Crippen LogP contribution in [0.1, 0.15) is 58.8 Å². The van der Waals surface area contributed by atoms with Gasteiger partial charge in [0.05, 0.1) is 0 Å². The van der Waals surface area contributed by atoms with Gasteiger partial charge in [0.25, 0.3) is 0 Å². The fourth-order valence-corrected chi connectivity index (χ4v) is 2.38. The van der Waals surface area contributed by atoms with Crippen molar-refractivity contribution in [2.45, 2.75) is 58.8 Å². The van der Waals surface area contributed by atoms with Gasteiger partial charge in [-0.1, -0.05) is 26.7 Å². The molecule has 1 fully saturated rings. The minimum absolute atomic E-state index is 0.285. The average Bonchev–Trinajstić information content (AvgIpc) is 2.47. The van der Waals surface area contributed by atoms with Crippen molar-refractivity contribution in [3.63, 3.8) is 0 Å². The SMILES string of the molecule is CCCCN(CCCC)C(=O)C(=O)N1CCCCC1. The molecule has 1 aliphatic heterocycles. The molecular formula is C15H28N2O2. The lowest BCUT2D eigenvalue weighted by molar-refractivity contribution is -0.152. The average molecular weight is 268 g/mol. The Morgan fingerprint density at radius 1 is 0.947 bits per heavy atom. The highest BCUT2D eigenvalue weighted by molar-refractivity contribution is 6.34. The van der Waals surface area contributed by atoms with Gasteiger partial charge in [-0.15, -0.1) is 0 Å². The molecule has 110 valence electrons. The van der Waals surface area contributed by atoms with Gasteiger partial charge in [-0.05, 0) is 32.1 Å². The summed E-state index contributed by atoms with van der Waals surface area (Å²) in [7, 11) is 0. The summed E-state index contributed by atoms with van der Waals surface area (Å²) in [5, 5.41) is 0. The third-order valence-corrected chi connectivity index (χ3v) is 3.68. The van der Waals surface area contributed by atoms with E-state index in [4.69, 9.17) is 0 Å². The molecule has 0 N–H and O–H groups in total. The van der Waals surface area contributed by atoms with Crippen molar-refractivity contribution >= 4 is 11.8 Å². The lowest BCUT2D eigenvalue weighted by Crippen LogP contribution is -2.47. The Hall–Kier alpha value is -1.06. The van der Waals surface area contributed by atoms with Crippen LogP contribution in [0.3, 0.4) is 0 Å². The van der Waals surface area contributed by atoms with Crippen molar-refractivity contribution in [1.82, 2.24) is 9.80 Å². The fourth-order valence-electron chi connectivity index (χ4n) is 2.38. The molecule has 0 unspecified atom stereocenters. The first-order valence-electron chi connectivity index (χ1n) is 7.78. The van der Waals surface area contributed by atoms with Crippen molar-refractivity contribution in [1.29, 1.82) is 0 Å². The molecule has 0 bridgehead atoms. The summed E-state index contributed by atoms with van der Waals surface area (Å²) in [5.74, 6) is -0.573. The Morgan fingerprint density at radius 2 is 1.47 bits per heavy atom. The van der Waals surface area contributed by atoms with Gasteiger partial charge >= 0.3 is 11.8 Å². The van der Waals surface area contributed by atoms with Gasteiger partial charge < -0.3 is 9.80 Å². The summed E-state index contributed by atoms with van der Waals surface area (Å²) >= 11 is 0. The summed E-state index contributed by atoms with van der Waals surface area (Å²) in [6.07, 6.45) is 7.28. The van der Waals surface area contributed by atoms with E-state index < -0.39 is 0 Å². The Labute approximate surface area is 117 Å². The van der Waals surface area contributed by atoms with E-state index in [0.29, 0.717) is 0 Å². The highest BCUT2D eigenvalue weighted by Crippen LogP contribution is 2.10. The van der Waals surface area contributed by atoms with Crippen molar-refractivity contribution in [2.75, 3.05) is 26.2 Å². The predicted octanol–water partition coefficient (Wildman–Crippen LogP) is 2.43. The van der Waals surface area contributed by atoms with Crippen LogP contribution < -0.4 is 0 Å². The van der Waals surface area contributed by atoms with Crippen LogP contribution in [0.5, 0.6) is 0 Å². The predicted molar refractivity (Wildman–Crippen MR) is 76.8 cm³/mol. The molecule has 4 heteroatoms. The largest absolute Gasteiger partial charge is 0.334 e. The summed E-state index contributed by atoms with van der Waals surface area (Å²) in [6, 6.07) is 0. The third kappa shape index (κ3) is 5.21. The number of hydrogen-bond donors (Lipinski definition) is 0. The van der Waals surface area contributed by atoms with E-state index in [1.54, 1.807) is 9.80 Å². The summed E-state index contributed by atoms with van der Waals surface area (Å²) < 4.78 is 0. The molecule has 1 saturated heterocycles. The standard InChI is InChI=1S/C15H28N2O2/c1-3-5-10-16(11-6-4-2)14(18)15(19)17-12-8-7-9-13-17/h3-13H2,1-2H3. The maximum atomic E-state index is 12.3. The van der Waals surface area contributed by atoms with Crippen molar-refractivity contribution in [3.05, 3.63) is 0 Å². The minimum Gasteiger partial charge on any atom is -0.334 e. The van der Waals surface area contributed by atoms with Crippen LogP contribution in [0.15, 0.2) is 0 Å². The number of nitrogens with zero attached hydrogens (tertiary/aromatic N) is 2. The number of piperidine rings is 1. The van der Waals surface area contributed by atoms with Gasteiger partial charge in [-0.25, -0.2) is 0 Å². The van der Waals surface area contributed by atoms with Crippen molar-refractivity contribution in [3.8, 4) is 0 Å². The van der Waals surface area contributed by atoms with Crippen LogP contribution in [-0.4, -0.2) is 47.8 Å². The maximum absolute atomic E-state index is 12.3. The molecule has 4 nitrogen and oxygen atoms in total. The minimum atomic E-state index is -0.288. The zero-order valence-corrected chi connectivity index (χ0v) is 12.5. The molecule has 1 rings (SSSR count). The second kappa shape index (κ2) is 8.94. The van der Waals surface area contributed by atoms with Crippen LogP contribution in [0.4, 0.5) is 0 Å². The van der Waals surface area contributed by atoms with Gasteiger partial charge in [0.15, 0.2) is 0 Å². The number of hydrogen-bond acceptors (Lipinski definition) is 2. The molecule has 0 spiro atoms. The van der Waals surface area contributed by atoms with E-state index in [-0.39, 0.29) is 11.8 Å². The van der Waals surface area contributed by atoms with E-state index in [9.17, 15) is 9.59 Å². The maximum Gasteiger partial charge on any atom is 0.312 e. The quantitative estimate of drug-likeness (QED) is 0.694. The first kappa shape index (κ1) is 16.0. The van der Waals surface area contributed by atoms with Crippen molar-refractivity contribution < 1.29 is 9.59 Å². The van der Waals surface area contributed by atoms with Gasteiger partial charge in [-0.2, -0.15) is 0 Å². The monoisotopic (exact) mass is 268 g/mol. The number of likely N-dealkylation sites (tertiary alicyclic amines) is 1. The van der Waals surface area contributed by atoms with Crippen LogP contribution >= 0.6 is 0 Å². The topological polar surface area (TPSA) is 40.6 Å². The lowest BCUT2D eigenvalue weighted by Gasteiger charge is -2.29. The first-order valence-corrected chi connectivity index (χ1v) is 7.78. The third-order valence-electron chi connectivity index (χ3n) is 3.68. The molecule has 1 heterocycles.